The summed E-state index contributed by atoms with van der Waals surface area (Å²) in [5.74, 6) is -0.459. The normalized spacial score (nSPS) is 10.5. The van der Waals surface area contributed by atoms with Crippen LogP contribution < -0.4 is 19.6 Å². The lowest BCUT2D eigenvalue weighted by molar-refractivity contribution is -0.139. The van der Waals surface area contributed by atoms with Crippen LogP contribution in [0.2, 0.25) is 0 Å². The standard InChI is InChI=1S/C18H17BrN2O6/c1-25-14-6-4-12(19)8-13(14)18(24)21-20-9-11-3-5-15(16(7-11)26-2)27-10-17(22)23/h3-9H,10H2,1-2H3,(H,21,24)(H,22,23)/b20-9-. The zero-order valence-corrected chi connectivity index (χ0v) is 16.1. The molecule has 0 radical (unpaired) electrons. The number of hydrazone groups is 1. The van der Waals surface area contributed by atoms with E-state index < -0.39 is 18.5 Å². The average Bonchev–Trinajstić information content (AvgIpc) is 2.66. The van der Waals surface area contributed by atoms with Gasteiger partial charge in [0.25, 0.3) is 5.91 Å². The lowest BCUT2D eigenvalue weighted by Gasteiger charge is -2.09. The Morgan fingerprint density at radius 3 is 2.48 bits per heavy atom. The highest BCUT2D eigenvalue weighted by Gasteiger charge is 2.12. The molecule has 0 aliphatic heterocycles. The van der Waals surface area contributed by atoms with Gasteiger partial charge < -0.3 is 19.3 Å². The molecule has 0 bridgehead atoms. The summed E-state index contributed by atoms with van der Waals surface area (Å²) in [6.07, 6.45) is 1.42. The number of aliphatic carboxylic acids is 1. The van der Waals surface area contributed by atoms with E-state index in [1.807, 2.05) is 0 Å². The Bertz CT molecular complexity index is 869. The molecule has 1 amide bonds. The van der Waals surface area contributed by atoms with E-state index in [1.165, 1.54) is 20.4 Å². The zero-order valence-electron chi connectivity index (χ0n) is 14.6. The number of amides is 1. The van der Waals surface area contributed by atoms with Gasteiger partial charge in [-0.2, -0.15) is 5.10 Å². The first-order valence-electron chi connectivity index (χ1n) is 7.64. The summed E-state index contributed by atoms with van der Waals surface area (Å²) in [6.45, 7) is -0.478. The second-order valence-corrected chi connectivity index (χ2v) is 6.05. The van der Waals surface area contributed by atoms with Crippen LogP contribution in [-0.4, -0.2) is 44.0 Å². The van der Waals surface area contributed by atoms with Crippen molar-refractivity contribution >= 4 is 34.0 Å². The molecule has 0 spiro atoms. The van der Waals surface area contributed by atoms with Crippen LogP contribution in [0.5, 0.6) is 17.2 Å². The van der Waals surface area contributed by atoms with Gasteiger partial charge in [0.1, 0.15) is 5.75 Å². The zero-order chi connectivity index (χ0) is 19.8. The minimum Gasteiger partial charge on any atom is -0.496 e. The van der Waals surface area contributed by atoms with Gasteiger partial charge in [-0.15, -0.1) is 0 Å². The van der Waals surface area contributed by atoms with Crippen LogP contribution in [0.3, 0.4) is 0 Å². The third-order valence-electron chi connectivity index (χ3n) is 3.32. The monoisotopic (exact) mass is 436 g/mol. The van der Waals surface area contributed by atoms with E-state index in [4.69, 9.17) is 19.3 Å². The van der Waals surface area contributed by atoms with E-state index in [0.29, 0.717) is 28.4 Å². The lowest BCUT2D eigenvalue weighted by Crippen LogP contribution is -2.18. The van der Waals surface area contributed by atoms with Crippen molar-refractivity contribution in [3.05, 3.63) is 52.0 Å². The first-order valence-corrected chi connectivity index (χ1v) is 8.43. The highest BCUT2D eigenvalue weighted by Crippen LogP contribution is 2.27. The fourth-order valence-electron chi connectivity index (χ4n) is 2.11. The number of nitrogens with zero attached hydrogens (tertiary/aromatic N) is 1. The van der Waals surface area contributed by atoms with Gasteiger partial charge in [-0.1, -0.05) is 15.9 Å². The molecule has 2 N–H and O–H groups in total. The summed E-state index contributed by atoms with van der Waals surface area (Å²) in [5, 5.41) is 12.6. The largest absolute Gasteiger partial charge is 0.496 e. The van der Waals surface area contributed by atoms with Gasteiger partial charge in [0, 0.05) is 4.47 Å². The third kappa shape index (κ3) is 5.71. The number of carboxylic acids is 1. The Labute approximate surface area is 163 Å². The predicted molar refractivity (Wildman–Crippen MR) is 102 cm³/mol. The molecular formula is C18H17BrN2O6. The first-order chi connectivity index (χ1) is 12.9. The molecule has 0 aromatic heterocycles. The Morgan fingerprint density at radius 1 is 1.11 bits per heavy atom. The summed E-state index contributed by atoms with van der Waals surface area (Å²) < 4.78 is 16.2. The molecule has 9 heteroatoms. The predicted octanol–water partition coefficient (Wildman–Crippen LogP) is 2.69. The molecule has 8 nitrogen and oxygen atoms in total. The third-order valence-corrected chi connectivity index (χ3v) is 3.82. The topological polar surface area (TPSA) is 106 Å². The maximum atomic E-state index is 12.3. The molecule has 0 aliphatic carbocycles. The summed E-state index contributed by atoms with van der Waals surface area (Å²) in [4.78, 5) is 22.9. The van der Waals surface area contributed by atoms with Crippen molar-refractivity contribution in [3.63, 3.8) is 0 Å². The quantitative estimate of drug-likeness (QED) is 0.486. The number of hydrogen-bond acceptors (Lipinski definition) is 6. The summed E-state index contributed by atoms with van der Waals surface area (Å²) in [5.41, 5.74) is 3.38. The van der Waals surface area contributed by atoms with Gasteiger partial charge >= 0.3 is 5.97 Å². The van der Waals surface area contributed by atoms with Crippen LogP contribution in [0.4, 0.5) is 0 Å². The number of hydrogen-bond donors (Lipinski definition) is 2. The smallest absolute Gasteiger partial charge is 0.341 e. The fourth-order valence-corrected chi connectivity index (χ4v) is 2.47. The van der Waals surface area contributed by atoms with Crippen molar-refractivity contribution in [2.75, 3.05) is 20.8 Å². The van der Waals surface area contributed by atoms with Crippen LogP contribution >= 0.6 is 15.9 Å². The molecule has 0 heterocycles. The summed E-state index contributed by atoms with van der Waals surface area (Å²) in [7, 11) is 2.91. The number of benzene rings is 2. The van der Waals surface area contributed by atoms with E-state index in [9.17, 15) is 9.59 Å². The molecule has 0 saturated heterocycles. The summed E-state index contributed by atoms with van der Waals surface area (Å²) >= 11 is 3.31. The Balaban J connectivity index is 2.08. The SMILES string of the molecule is COc1cc(/C=N\NC(=O)c2cc(Br)ccc2OC)ccc1OCC(=O)O. The molecule has 2 rings (SSSR count). The number of ether oxygens (including phenoxy) is 3. The van der Waals surface area contributed by atoms with Crippen LogP contribution in [0.25, 0.3) is 0 Å². The highest BCUT2D eigenvalue weighted by atomic mass is 79.9. The number of nitrogens with one attached hydrogen (secondary N) is 1. The van der Waals surface area contributed by atoms with Gasteiger partial charge in [0.15, 0.2) is 18.1 Å². The fraction of sp³-hybridized carbons (Fsp3) is 0.167. The number of carbonyl (C=O) groups is 2. The number of carboxylic acid groups (broad SMARTS) is 1. The lowest BCUT2D eigenvalue weighted by atomic mass is 10.2. The van der Waals surface area contributed by atoms with E-state index in [2.05, 4.69) is 26.5 Å². The average molecular weight is 437 g/mol. The molecule has 0 unspecified atom stereocenters. The second-order valence-electron chi connectivity index (χ2n) is 5.14. The number of rotatable bonds is 8. The van der Waals surface area contributed by atoms with E-state index in [1.54, 1.807) is 36.4 Å². The molecule has 27 heavy (non-hydrogen) atoms. The van der Waals surface area contributed by atoms with Gasteiger partial charge in [-0.3, -0.25) is 4.79 Å². The maximum absolute atomic E-state index is 12.3. The molecule has 2 aromatic rings. The van der Waals surface area contributed by atoms with Crippen LogP contribution in [0.15, 0.2) is 46.0 Å². The maximum Gasteiger partial charge on any atom is 0.341 e. The Morgan fingerprint density at radius 2 is 1.81 bits per heavy atom. The van der Waals surface area contributed by atoms with Gasteiger partial charge in [0.05, 0.1) is 26.0 Å². The van der Waals surface area contributed by atoms with Gasteiger partial charge in [0.2, 0.25) is 0 Å². The molecule has 142 valence electrons. The van der Waals surface area contributed by atoms with Crippen molar-refractivity contribution in [2.24, 2.45) is 5.10 Å². The highest BCUT2D eigenvalue weighted by molar-refractivity contribution is 9.10. The van der Waals surface area contributed by atoms with E-state index >= 15 is 0 Å². The molecule has 0 aliphatic rings. The second kappa shape index (κ2) is 9.58. The Kier molecular flexibility index (Phi) is 7.18. The van der Waals surface area contributed by atoms with Crippen LogP contribution in [-0.2, 0) is 4.79 Å². The molecular weight excluding hydrogens is 420 g/mol. The van der Waals surface area contributed by atoms with E-state index in [-0.39, 0.29) is 0 Å². The van der Waals surface area contributed by atoms with Gasteiger partial charge in [-0.25, -0.2) is 10.2 Å². The van der Waals surface area contributed by atoms with E-state index in [0.717, 1.165) is 4.47 Å². The molecule has 2 aromatic carbocycles. The van der Waals surface area contributed by atoms with Crippen molar-refractivity contribution in [1.82, 2.24) is 5.43 Å². The minimum absolute atomic E-state index is 0.292. The van der Waals surface area contributed by atoms with Crippen molar-refractivity contribution in [1.29, 1.82) is 0 Å². The summed E-state index contributed by atoms with van der Waals surface area (Å²) in [6, 6.07) is 9.87. The molecule has 0 saturated carbocycles. The van der Waals surface area contributed by atoms with Crippen LogP contribution in [0, 0.1) is 0 Å². The van der Waals surface area contributed by atoms with Crippen molar-refractivity contribution in [2.45, 2.75) is 0 Å². The minimum atomic E-state index is -1.09. The number of halogens is 1. The first kappa shape index (κ1) is 20.2. The number of carbonyl (C=O) groups excluding carboxylic acids is 1. The molecule has 0 fully saturated rings. The Hall–Kier alpha value is -3.07. The van der Waals surface area contributed by atoms with Crippen molar-refractivity contribution in [3.8, 4) is 17.2 Å². The number of methoxy groups -OCH3 is 2. The van der Waals surface area contributed by atoms with Crippen LogP contribution in [0.1, 0.15) is 15.9 Å². The van der Waals surface area contributed by atoms with Crippen molar-refractivity contribution < 1.29 is 28.9 Å². The molecule has 0 atom stereocenters. The van der Waals surface area contributed by atoms with Gasteiger partial charge in [-0.05, 0) is 42.0 Å².